The molecule has 0 saturated carbocycles. The van der Waals surface area contributed by atoms with Crippen LogP contribution < -0.4 is 10.6 Å². The molecule has 0 saturated heterocycles. The lowest BCUT2D eigenvalue weighted by molar-refractivity contribution is 0.299. The monoisotopic (exact) mass is 192 g/mol. The lowest BCUT2D eigenvalue weighted by Crippen LogP contribution is -2.16. The summed E-state index contributed by atoms with van der Waals surface area (Å²) in [5.74, 6) is 0. The summed E-state index contributed by atoms with van der Waals surface area (Å²) in [6.07, 6.45) is 0.743. The molecule has 3 N–H and O–H groups in total. The van der Waals surface area contributed by atoms with E-state index in [1.807, 2.05) is 0 Å². The summed E-state index contributed by atoms with van der Waals surface area (Å²) in [6.45, 7) is 3.12. The van der Waals surface area contributed by atoms with Crippen LogP contribution in [0.1, 0.15) is 11.1 Å². The molecule has 1 aromatic carbocycles. The van der Waals surface area contributed by atoms with Crippen molar-refractivity contribution in [3.8, 4) is 0 Å². The molecule has 76 valence electrons. The summed E-state index contributed by atoms with van der Waals surface area (Å²) >= 11 is 0. The fraction of sp³-hybridized carbons (Fsp3) is 0.455. The number of aliphatic hydroxyl groups excluding tert-OH is 1. The van der Waals surface area contributed by atoms with Gasteiger partial charge >= 0.3 is 0 Å². The zero-order chi connectivity index (χ0) is 9.80. The number of fused-ring (bicyclic) bond motifs is 1. The lowest BCUT2D eigenvalue weighted by atomic mass is 10.1. The maximum atomic E-state index is 8.85. The summed E-state index contributed by atoms with van der Waals surface area (Å²) in [5, 5.41) is 15.6. The minimum Gasteiger partial charge on any atom is -0.396 e. The van der Waals surface area contributed by atoms with E-state index in [1.165, 1.54) is 16.8 Å². The van der Waals surface area contributed by atoms with Crippen molar-refractivity contribution in [1.82, 2.24) is 5.32 Å². The van der Waals surface area contributed by atoms with Gasteiger partial charge in [-0.2, -0.15) is 0 Å². The van der Waals surface area contributed by atoms with Crippen molar-refractivity contribution in [2.24, 2.45) is 0 Å². The van der Waals surface area contributed by atoms with Crippen LogP contribution in [0.15, 0.2) is 18.2 Å². The maximum absolute atomic E-state index is 8.85. The quantitative estimate of drug-likeness (QED) is 0.647. The predicted molar refractivity (Wildman–Crippen MR) is 57.4 cm³/mol. The molecule has 0 aromatic heterocycles. The van der Waals surface area contributed by atoms with Gasteiger partial charge in [0.1, 0.15) is 0 Å². The Kier molecular flexibility index (Phi) is 3.01. The third kappa shape index (κ3) is 2.05. The summed E-state index contributed by atoms with van der Waals surface area (Å²) in [6, 6.07) is 6.34. The van der Waals surface area contributed by atoms with Crippen molar-refractivity contribution >= 4 is 5.69 Å². The van der Waals surface area contributed by atoms with Crippen molar-refractivity contribution in [3.05, 3.63) is 29.3 Å². The molecular weight excluding hydrogens is 176 g/mol. The maximum Gasteiger partial charge on any atom is 0.0471 e. The average molecular weight is 192 g/mol. The van der Waals surface area contributed by atoms with Gasteiger partial charge in [-0.25, -0.2) is 0 Å². The van der Waals surface area contributed by atoms with E-state index in [0.29, 0.717) is 0 Å². The van der Waals surface area contributed by atoms with Crippen molar-refractivity contribution < 1.29 is 5.11 Å². The first-order valence-corrected chi connectivity index (χ1v) is 5.07. The van der Waals surface area contributed by atoms with Gasteiger partial charge in [0.15, 0.2) is 0 Å². The van der Waals surface area contributed by atoms with Crippen LogP contribution in [-0.4, -0.2) is 24.8 Å². The molecule has 0 atom stereocenters. The van der Waals surface area contributed by atoms with Gasteiger partial charge in [-0.3, -0.25) is 0 Å². The molecule has 0 spiro atoms. The molecule has 0 amide bonds. The molecule has 3 nitrogen and oxygen atoms in total. The number of aliphatic hydroxyl groups is 1. The molecule has 1 heterocycles. The predicted octanol–water partition coefficient (Wildman–Crippen LogP) is 0.736. The molecule has 3 heteroatoms. The topological polar surface area (TPSA) is 44.3 Å². The molecule has 1 aliphatic rings. The van der Waals surface area contributed by atoms with Crippen LogP contribution >= 0.6 is 0 Å². The Hall–Kier alpha value is -1.06. The number of rotatable bonds is 2. The number of nitrogens with one attached hydrogen (secondary N) is 2. The van der Waals surface area contributed by atoms with E-state index in [-0.39, 0.29) is 6.61 Å². The largest absolute Gasteiger partial charge is 0.396 e. The highest BCUT2D eigenvalue weighted by Gasteiger charge is 2.06. The van der Waals surface area contributed by atoms with E-state index in [9.17, 15) is 0 Å². The number of anilines is 1. The third-order valence-corrected chi connectivity index (χ3v) is 2.50. The first-order chi connectivity index (χ1) is 6.90. The Bertz CT molecular complexity index is 312. The van der Waals surface area contributed by atoms with Crippen LogP contribution in [0.2, 0.25) is 0 Å². The van der Waals surface area contributed by atoms with Crippen LogP contribution in [0.25, 0.3) is 0 Å². The second-order valence-corrected chi connectivity index (χ2v) is 3.57. The van der Waals surface area contributed by atoms with E-state index in [1.54, 1.807) is 0 Å². The lowest BCUT2D eigenvalue weighted by Gasteiger charge is -2.08. The smallest absolute Gasteiger partial charge is 0.0471 e. The van der Waals surface area contributed by atoms with Crippen molar-refractivity contribution in [3.63, 3.8) is 0 Å². The first kappa shape index (κ1) is 9.49. The SMILES string of the molecule is OCCc1ccc2c(c1)CNCCN2. The van der Waals surface area contributed by atoms with Gasteiger partial charge in [-0.15, -0.1) is 0 Å². The van der Waals surface area contributed by atoms with Gasteiger partial charge in [0.25, 0.3) is 0 Å². The van der Waals surface area contributed by atoms with Crippen LogP contribution in [0.4, 0.5) is 5.69 Å². The van der Waals surface area contributed by atoms with Crippen LogP contribution in [0, 0.1) is 0 Å². The molecule has 2 rings (SSSR count). The van der Waals surface area contributed by atoms with E-state index in [0.717, 1.165) is 26.1 Å². The number of hydrogen-bond donors (Lipinski definition) is 3. The van der Waals surface area contributed by atoms with E-state index in [4.69, 9.17) is 5.11 Å². The Morgan fingerprint density at radius 3 is 3.07 bits per heavy atom. The molecule has 1 aromatic rings. The number of benzene rings is 1. The molecule has 0 bridgehead atoms. The fourth-order valence-electron chi connectivity index (χ4n) is 1.76. The highest BCUT2D eigenvalue weighted by Crippen LogP contribution is 2.18. The Balaban J connectivity index is 2.23. The molecule has 1 aliphatic heterocycles. The second-order valence-electron chi connectivity index (χ2n) is 3.57. The second kappa shape index (κ2) is 4.44. The van der Waals surface area contributed by atoms with Crippen LogP contribution in [0.3, 0.4) is 0 Å². The highest BCUT2D eigenvalue weighted by molar-refractivity contribution is 5.53. The van der Waals surface area contributed by atoms with Gasteiger partial charge in [0.05, 0.1) is 0 Å². The van der Waals surface area contributed by atoms with Gasteiger partial charge in [-0.1, -0.05) is 12.1 Å². The van der Waals surface area contributed by atoms with Crippen LogP contribution in [-0.2, 0) is 13.0 Å². The molecule has 0 unspecified atom stereocenters. The van der Waals surface area contributed by atoms with Gasteiger partial charge < -0.3 is 15.7 Å². The normalized spacial score (nSPS) is 15.5. The molecular formula is C11H16N2O. The van der Waals surface area contributed by atoms with Crippen molar-refractivity contribution in [2.45, 2.75) is 13.0 Å². The zero-order valence-corrected chi connectivity index (χ0v) is 8.21. The molecule has 0 fully saturated rings. The highest BCUT2D eigenvalue weighted by atomic mass is 16.2. The standard InChI is InChI=1S/C11H16N2O/c14-6-3-9-1-2-11-10(7-9)8-12-4-5-13-11/h1-2,7,12-14H,3-6,8H2. The Morgan fingerprint density at radius 1 is 1.29 bits per heavy atom. The van der Waals surface area contributed by atoms with Crippen molar-refractivity contribution in [1.29, 1.82) is 0 Å². The average Bonchev–Trinajstić information content (AvgIpc) is 2.42. The van der Waals surface area contributed by atoms with E-state index >= 15 is 0 Å². The molecule has 0 aliphatic carbocycles. The zero-order valence-electron chi connectivity index (χ0n) is 8.21. The summed E-state index contributed by atoms with van der Waals surface area (Å²) in [5.41, 5.74) is 3.72. The minimum absolute atomic E-state index is 0.222. The molecule has 0 radical (unpaired) electrons. The van der Waals surface area contributed by atoms with E-state index < -0.39 is 0 Å². The summed E-state index contributed by atoms with van der Waals surface area (Å²) in [4.78, 5) is 0. The van der Waals surface area contributed by atoms with Gasteiger partial charge in [0, 0.05) is 31.9 Å². The Morgan fingerprint density at radius 2 is 2.21 bits per heavy atom. The summed E-state index contributed by atoms with van der Waals surface area (Å²) < 4.78 is 0. The van der Waals surface area contributed by atoms with E-state index in [2.05, 4.69) is 28.8 Å². The first-order valence-electron chi connectivity index (χ1n) is 5.07. The van der Waals surface area contributed by atoms with Gasteiger partial charge in [-0.05, 0) is 23.6 Å². The molecule has 14 heavy (non-hydrogen) atoms. The van der Waals surface area contributed by atoms with Crippen LogP contribution in [0.5, 0.6) is 0 Å². The number of hydrogen-bond acceptors (Lipinski definition) is 3. The fourth-order valence-corrected chi connectivity index (χ4v) is 1.76. The minimum atomic E-state index is 0.222. The van der Waals surface area contributed by atoms with Gasteiger partial charge in [0.2, 0.25) is 0 Å². The Labute approximate surface area is 84.1 Å². The van der Waals surface area contributed by atoms with Crippen molar-refractivity contribution in [2.75, 3.05) is 25.0 Å². The summed E-state index contributed by atoms with van der Waals surface area (Å²) in [7, 11) is 0. The third-order valence-electron chi connectivity index (χ3n) is 2.50.